The molecule has 0 bridgehead atoms. The lowest BCUT2D eigenvalue weighted by Crippen LogP contribution is -2.01. The number of carbonyl (C=O) groups excluding carboxylic acids is 1. The highest BCUT2D eigenvalue weighted by molar-refractivity contribution is 8.14. The highest BCUT2D eigenvalue weighted by atomic mass is 32.2. The average Bonchev–Trinajstić information content (AvgIpc) is 2.48. The molecular weight excluding hydrogens is 264 g/mol. The zero-order valence-electron chi connectivity index (χ0n) is 12.7. The van der Waals surface area contributed by atoms with Crippen LogP contribution in [0.15, 0.2) is 35.2 Å². The molecule has 0 aliphatic carbocycles. The van der Waals surface area contributed by atoms with Gasteiger partial charge in [0, 0.05) is 10.5 Å². The first kappa shape index (κ1) is 14.9. The maximum Gasteiger partial charge on any atom is 0.224 e. The predicted molar refractivity (Wildman–Crippen MR) is 86.8 cm³/mol. The Morgan fingerprint density at radius 3 is 1.70 bits per heavy atom. The Hall–Kier alpha value is -1.54. The second-order valence-corrected chi connectivity index (χ2v) is 6.19. The van der Waals surface area contributed by atoms with Crippen LogP contribution in [0.1, 0.15) is 38.2 Å². The van der Waals surface area contributed by atoms with Crippen LogP contribution >= 0.6 is 11.8 Å². The fourth-order valence-electron chi connectivity index (χ4n) is 2.34. The molecule has 0 fully saturated rings. The molecule has 2 rings (SSSR count). The van der Waals surface area contributed by atoms with Gasteiger partial charge in [-0.1, -0.05) is 30.3 Å². The standard InChI is InChI=1S/C18H20OS/c1-11-12(2)14(4)17(15(5)13(11)3)20-18(19)16-9-7-6-8-10-16/h6-10H,1-5H3. The molecule has 0 saturated heterocycles. The van der Waals surface area contributed by atoms with Gasteiger partial charge in [-0.05, 0) is 74.2 Å². The minimum atomic E-state index is 0.111. The number of hydrogen-bond acceptors (Lipinski definition) is 2. The monoisotopic (exact) mass is 284 g/mol. The fraction of sp³-hybridized carbons (Fsp3) is 0.278. The van der Waals surface area contributed by atoms with Gasteiger partial charge in [0.05, 0.1) is 0 Å². The van der Waals surface area contributed by atoms with E-state index in [4.69, 9.17) is 0 Å². The van der Waals surface area contributed by atoms with Crippen LogP contribution in [0.4, 0.5) is 0 Å². The van der Waals surface area contributed by atoms with Crippen LogP contribution < -0.4 is 0 Å². The molecule has 0 unspecified atom stereocenters. The molecule has 104 valence electrons. The Morgan fingerprint density at radius 2 is 1.20 bits per heavy atom. The Morgan fingerprint density at radius 1 is 0.750 bits per heavy atom. The summed E-state index contributed by atoms with van der Waals surface area (Å²) >= 11 is 1.35. The molecule has 20 heavy (non-hydrogen) atoms. The van der Waals surface area contributed by atoms with Gasteiger partial charge in [-0.2, -0.15) is 0 Å². The summed E-state index contributed by atoms with van der Waals surface area (Å²) in [5.41, 5.74) is 7.11. The highest BCUT2D eigenvalue weighted by Crippen LogP contribution is 2.34. The molecular formula is C18H20OS. The van der Waals surface area contributed by atoms with Gasteiger partial charge in [0.15, 0.2) is 0 Å². The van der Waals surface area contributed by atoms with E-state index in [2.05, 4.69) is 34.6 Å². The van der Waals surface area contributed by atoms with Crippen LogP contribution in [0.5, 0.6) is 0 Å². The van der Waals surface area contributed by atoms with Crippen LogP contribution in [-0.2, 0) is 0 Å². The van der Waals surface area contributed by atoms with Gasteiger partial charge in [-0.3, -0.25) is 4.79 Å². The van der Waals surface area contributed by atoms with E-state index < -0.39 is 0 Å². The van der Waals surface area contributed by atoms with Gasteiger partial charge in [0.2, 0.25) is 5.12 Å². The molecule has 0 radical (unpaired) electrons. The van der Waals surface area contributed by atoms with E-state index in [0.29, 0.717) is 0 Å². The summed E-state index contributed by atoms with van der Waals surface area (Å²) in [4.78, 5) is 13.5. The van der Waals surface area contributed by atoms with Crippen molar-refractivity contribution in [3.8, 4) is 0 Å². The summed E-state index contributed by atoms with van der Waals surface area (Å²) < 4.78 is 0. The van der Waals surface area contributed by atoms with Gasteiger partial charge in [0.1, 0.15) is 0 Å². The second-order valence-electron chi connectivity index (χ2n) is 5.21. The molecule has 0 amide bonds. The lowest BCUT2D eigenvalue weighted by molar-refractivity contribution is 0.108. The summed E-state index contributed by atoms with van der Waals surface area (Å²) in [7, 11) is 0. The normalized spacial score (nSPS) is 10.7. The number of hydrogen-bond donors (Lipinski definition) is 0. The lowest BCUT2D eigenvalue weighted by Gasteiger charge is -2.17. The highest BCUT2D eigenvalue weighted by Gasteiger charge is 2.16. The van der Waals surface area contributed by atoms with Crippen molar-refractivity contribution in [1.82, 2.24) is 0 Å². The Labute approximate surface area is 125 Å². The molecule has 2 aromatic carbocycles. The first-order chi connectivity index (χ1) is 9.43. The largest absolute Gasteiger partial charge is 0.281 e. The molecule has 2 heteroatoms. The zero-order valence-corrected chi connectivity index (χ0v) is 13.5. The number of benzene rings is 2. The summed E-state index contributed by atoms with van der Waals surface area (Å²) in [6.07, 6.45) is 0. The van der Waals surface area contributed by atoms with E-state index in [9.17, 15) is 4.79 Å². The third kappa shape index (κ3) is 2.66. The summed E-state index contributed by atoms with van der Waals surface area (Å²) in [5.74, 6) is 0. The first-order valence-corrected chi connectivity index (χ1v) is 7.59. The minimum absolute atomic E-state index is 0.111. The maximum atomic E-state index is 12.4. The van der Waals surface area contributed by atoms with E-state index in [1.165, 1.54) is 39.6 Å². The zero-order chi connectivity index (χ0) is 14.9. The molecule has 0 spiro atoms. The molecule has 0 atom stereocenters. The molecule has 0 aliphatic heterocycles. The molecule has 0 saturated carbocycles. The molecule has 0 heterocycles. The topological polar surface area (TPSA) is 17.1 Å². The number of thioether (sulfide) groups is 1. The molecule has 0 aromatic heterocycles. The third-order valence-corrected chi connectivity index (χ3v) is 5.37. The van der Waals surface area contributed by atoms with Crippen LogP contribution in [0, 0.1) is 34.6 Å². The van der Waals surface area contributed by atoms with Gasteiger partial charge < -0.3 is 0 Å². The van der Waals surface area contributed by atoms with Crippen LogP contribution in [0.2, 0.25) is 0 Å². The minimum Gasteiger partial charge on any atom is -0.281 e. The van der Waals surface area contributed by atoms with E-state index in [1.807, 2.05) is 30.3 Å². The van der Waals surface area contributed by atoms with Crippen molar-refractivity contribution < 1.29 is 4.79 Å². The van der Waals surface area contributed by atoms with Crippen molar-refractivity contribution in [2.24, 2.45) is 0 Å². The van der Waals surface area contributed by atoms with Gasteiger partial charge in [-0.25, -0.2) is 0 Å². The number of rotatable bonds is 2. The van der Waals surface area contributed by atoms with Gasteiger partial charge in [0.25, 0.3) is 0 Å². The van der Waals surface area contributed by atoms with Gasteiger partial charge >= 0.3 is 0 Å². The number of carbonyl (C=O) groups is 1. The average molecular weight is 284 g/mol. The van der Waals surface area contributed by atoms with Crippen molar-refractivity contribution in [2.45, 2.75) is 39.5 Å². The summed E-state index contributed by atoms with van der Waals surface area (Å²) in [5, 5.41) is 0.111. The molecule has 0 aliphatic rings. The fourth-order valence-corrected chi connectivity index (χ4v) is 3.40. The SMILES string of the molecule is Cc1c(C)c(C)c(SC(=O)c2ccccc2)c(C)c1C. The van der Waals surface area contributed by atoms with Crippen molar-refractivity contribution >= 4 is 16.9 Å². The van der Waals surface area contributed by atoms with E-state index >= 15 is 0 Å². The summed E-state index contributed by atoms with van der Waals surface area (Å²) in [6.45, 7) is 10.6. The Kier molecular flexibility index (Phi) is 4.34. The van der Waals surface area contributed by atoms with Crippen molar-refractivity contribution in [3.63, 3.8) is 0 Å². The van der Waals surface area contributed by atoms with Crippen LogP contribution in [0.25, 0.3) is 0 Å². The van der Waals surface area contributed by atoms with E-state index in [-0.39, 0.29) is 5.12 Å². The second kappa shape index (κ2) is 5.84. The molecule has 0 N–H and O–H groups in total. The molecule has 1 nitrogen and oxygen atoms in total. The Bertz CT molecular complexity index is 628. The maximum absolute atomic E-state index is 12.4. The predicted octanol–water partition coefficient (Wildman–Crippen LogP) is 5.16. The van der Waals surface area contributed by atoms with Crippen molar-refractivity contribution in [1.29, 1.82) is 0 Å². The Balaban J connectivity index is 2.43. The summed E-state index contributed by atoms with van der Waals surface area (Å²) in [6, 6.07) is 9.47. The van der Waals surface area contributed by atoms with Crippen molar-refractivity contribution in [3.05, 3.63) is 63.7 Å². The van der Waals surface area contributed by atoms with Crippen LogP contribution in [-0.4, -0.2) is 5.12 Å². The molecule has 2 aromatic rings. The smallest absolute Gasteiger partial charge is 0.224 e. The van der Waals surface area contributed by atoms with Crippen molar-refractivity contribution in [2.75, 3.05) is 0 Å². The quantitative estimate of drug-likeness (QED) is 0.708. The lowest BCUT2D eigenvalue weighted by atomic mass is 9.95. The van der Waals surface area contributed by atoms with E-state index in [0.717, 1.165) is 10.5 Å². The van der Waals surface area contributed by atoms with Gasteiger partial charge in [-0.15, -0.1) is 0 Å². The van der Waals surface area contributed by atoms with E-state index in [1.54, 1.807) is 0 Å². The third-order valence-electron chi connectivity index (χ3n) is 4.14. The first-order valence-electron chi connectivity index (χ1n) is 6.77. The van der Waals surface area contributed by atoms with Crippen LogP contribution in [0.3, 0.4) is 0 Å².